The maximum atomic E-state index is 13.1. The maximum Gasteiger partial charge on any atom is 0.285 e. The number of Topliss-reactive ketones (excluding diaryl/α,β-unsaturated/α-hetero) is 1. The monoisotopic (exact) mass is 426 g/mol. The van der Waals surface area contributed by atoms with Crippen LogP contribution in [0.15, 0.2) is 64.2 Å². The molecule has 4 rings (SSSR count). The van der Waals surface area contributed by atoms with Crippen molar-refractivity contribution in [1.82, 2.24) is 4.90 Å². The molecule has 0 N–H and O–H groups in total. The van der Waals surface area contributed by atoms with Gasteiger partial charge in [-0.3, -0.25) is 14.4 Å². The molecule has 0 spiro atoms. The number of fused-ring (bicyclic) bond motifs is 1. The molecular formula is C20H12Cl2N4O3. The Balaban J connectivity index is 1.82. The lowest BCUT2D eigenvalue weighted by Crippen LogP contribution is -2.49. The number of para-hydroxylation sites is 1. The molecule has 0 radical (unpaired) electrons. The molecular weight excluding hydrogens is 415 g/mol. The molecule has 144 valence electrons. The average molecular weight is 427 g/mol. The minimum absolute atomic E-state index is 0.0456. The fraction of sp³-hybridized carbons (Fsp3) is 0.0500. The number of guanidine groups is 1. The Bertz CT molecular complexity index is 1160. The highest BCUT2D eigenvalue weighted by Gasteiger charge is 2.44. The molecule has 7 nitrogen and oxygen atoms in total. The molecule has 2 aliphatic heterocycles. The van der Waals surface area contributed by atoms with E-state index in [-0.39, 0.29) is 22.4 Å². The number of halogens is 2. The van der Waals surface area contributed by atoms with Crippen molar-refractivity contribution in [3.05, 3.63) is 69.7 Å². The number of amidine groups is 1. The topological polar surface area (TPSA) is 82.4 Å². The summed E-state index contributed by atoms with van der Waals surface area (Å²) in [5.41, 5.74) is 0.745. The van der Waals surface area contributed by atoms with Gasteiger partial charge >= 0.3 is 0 Å². The van der Waals surface area contributed by atoms with Crippen molar-refractivity contribution in [1.29, 1.82) is 0 Å². The SMILES string of the molecule is CC(=O)C1=NN(c2ccccc2)C2=NC(=O)/C(=C/c3ccc(Cl)cc3Cl)C(=O)N12. The van der Waals surface area contributed by atoms with Crippen molar-refractivity contribution >= 4 is 64.4 Å². The van der Waals surface area contributed by atoms with E-state index in [4.69, 9.17) is 23.2 Å². The highest BCUT2D eigenvalue weighted by molar-refractivity contribution is 6.51. The van der Waals surface area contributed by atoms with Gasteiger partial charge in [0.1, 0.15) is 5.57 Å². The zero-order valence-electron chi connectivity index (χ0n) is 15.0. The van der Waals surface area contributed by atoms with Crippen LogP contribution in [0.5, 0.6) is 0 Å². The zero-order chi connectivity index (χ0) is 20.7. The van der Waals surface area contributed by atoms with E-state index in [1.165, 1.54) is 24.1 Å². The Hall–Kier alpha value is -3.29. The summed E-state index contributed by atoms with van der Waals surface area (Å²) in [5, 5.41) is 6.19. The van der Waals surface area contributed by atoms with E-state index >= 15 is 0 Å². The Morgan fingerprint density at radius 1 is 1.07 bits per heavy atom. The van der Waals surface area contributed by atoms with E-state index in [1.54, 1.807) is 36.4 Å². The van der Waals surface area contributed by atoms with E-state index in [2.05, 4.69) is 10.1 Å². The zero-order valence-corrected chi connectivity index (χ0v) is 16.5. The van der Waals surface area contributed by atoms with Gasteiger partial charge in [0.2, 0.25) is 11.8 Å². The minimum Gasteiger partial charge on any atom is -0.291 e. The number of carbonyl (C=O) groups is 3. The van der Waals surface area contributed by atoms with Gasteiger partial charge in [-0.05, 0) is 35.9 Å². The molecule has 2 aromatic rings. The Kier molecular flexibility index (Phi) is 4.77. The summed E-state index contributed by atoms with van der Waals surface area (Å²) in [6.07, 6.45) is 1.33. The van der Waals surface area contributed by atoms with E-state index in [0.29, 0.717) is 16.3 Å². The number of anilines is 1. The first-order valence-electron chi connectivity index (χ1n) is 8.46. The summed E-state index contributed by atoms with van der Waals surface area (Å²) in [6.45, 7) is 1.29. The number of nitrogens with zero attached hydrogens (tertiary/aromatic N) is 4. The molecule has 9 heteroatoms. The number of carbonyl (C=O) groups excluding carboxylic acids is 3. The smallest absolute Gasteiger partial charge is 0.285 e. The van der Waals surface area contributed by atoms with Gasteiger partial charge in [0.05, 0.1) is 5.69 Å². The van der Waals surface area contributed by atoms with E-state index in [9.17, 15) is 14.4 Å². The van der Waals surface area contributed by atoms with Gasteiger partial charge in [-0.25, -0.2) is 4.90 Å². The van der Waals surface area contributed by atoms with Crippen LogP contribution in [0.2, 0.25) is 10.0 Å². The summed E-state index contributed by atoms with van der Waals surface area (Å²) in [6, 6.07) is 13.4. The van der Waals surface area contributed by atoms with Crippen LogP contribution in [-0.2, 0) is 14.4 Å². The number of hydrogen-bond acceptors (Lipinski definition) is 5. The first-order chi connectivity index (χ1) is 13.9. The number of rotatable bonds is 3. The third kappa shape index (κ3) is 3.35. The van der Waals surface area contributed by atoms with Gasteiger partial charge < -0.3 is 0 Å². The van der Waals surface area contributed by atoms with Crippen LogP contribution in [0, 0.1) is 0 Å². The second-order valence-corrected chi connectivity index (χ2v) is 7.05. The van der Waals surface area contributed by atoms with Crippen LogP contribution in [0.3, 0.4) is 0 Å². The molecule has 0 atom stereocenters. The summed E-state index contributed by atoms with van der Waals surface area (Å²) in [7, 11) is 0. The molecule has 0 aromatic heterocycles. The fourth-order valence-electron chi connectivity index (χ4n) is 2.89. The molecule has 0 fully saturated rings. The first kappa shape index (κ1) is 19.0. The van der Waals surface area contributed by atoms with Crippen molar-refractivity contribution in [3.63, 3.8) is 0 Å². The van der Waals surface area contributed by atoms with Crippen LogP contribution in [-0.4, -0.2) is 34.3 Å². The minimum atomic E-state index is -0.756. The standard InChI is InChI=1S/C20H12Cl2N4O3/c1-11(27)17-24-26(14-5-3-2-4-6-14)20-23-18(28)15(19(29)25(17)20)9-12-7-8-13(21)10-16(12)22/h2-10H,1H3/b15-9-. The average Bonchev–Trinajstić information content (AvgIpc) is 3.07. The number of hydrogen-bond donors (Lipinski definition) is 0. The van der Waals surface area contributed by atoms with Crippen LogP contribution >= 0.6 is 23.2 Å². The number of amides is 2. The molecule has 29 heavy (non-hydrogen) atoms. The summed E-state index contributed by atoms with van der Waals surface area (Å²) >= 11 is 12.0. The quantitative estimate of drug-likeness (QED) is 0.555. The lowest BCUT2D eigenvalue weighted by molar-refractivity contribution is -0.126. The molecule has 0 unspecified atom stereocenters. The second kappa shape index (κ2) is 7.27. The highest BCUT2D eigenvalue weighted by atomic mass is 35.5. The lowest BCUT2D eigenvalue weighted by atomic mass is 10.1. The predicted octanol–water partition coefficient (Wildman–Crippen LogP) is 3.52. The van der Waals surface area contributed by atoms with E-state index < -0.39 is 17.6 Å². The van der Waals surface area contributed by atoms with Crippen molar-refractivity contribution in [2.24, 2.45) is 10.1 Å². The van der Waals surface area contributed by atoms with Gasteiger partial charge in [-0.2, -0.15) is 10.0 Å². The van der Waals surface area contributed by atoms with Crippen LogP contribution < -0.4 is 5.01 Å². The number of hydrazone groups is 1. The van der Waals surface area contributed by atoms with E-state index in [0.717, 1.165) is 4.90 Å². The number of ketones is 1. The van der Waals surface area contributed by atoms with Gasteiger partial charge in [0.25, 0.3) is 11.8 Å². The molecule has 0 saturated heterocycles. The van der Waals surface area contributed by atoms with Crippen molar-refractivity contribution < 1.29 is 14.4 Å². The Labute approximate surface area is 175 Å². The predicted molar refractivity (Wildman–Crippen MR) is 111 cm³/mol. The number of benzene rings is 2. The van der Waals surface area contributed by atoms with E-state index in [1.807, 2.05) is 6.07 Å². The van der Waals surface area contributed by atoms with Crippen molar-refractivity contribution in [3.8, 4) is 0 Å². The molecule has 2 aliphatic rings. The van der Waals surface area contributed by atoms with Crippen LogP contribution in [0.4, 0.5) is 5.69 Å². The summed E-state index contributed by atoms with van der Waals surface area (Å²) in [4.78, 5) is 42.9. The first-order valence-corrected chi connectivity index (χ1v) is 9.21. The summed E-state index contributed by atoms with van der Waals surface area (Å²) < 4.78 is 0. The van der Waals surface area contributed by atoms with Gasteiger partial charge in [-0.15, -0.1) is 5.10 Å². The normalized spacial score (nSPS) is 17.4. The van der Waals surface area contributed by atoms with Gasteiger partial charge in [-0.1, -0.05) is 47.5 Å². The lowest BCUT2D eigenvalue weighted by Gasteiger charge is -2.24. The van der Waals surface area contributed by atoms with Crippen molar-refractivity contribution in [2.75, 3.05) is 5.01 Å². The molecule has 2 heterocycles. The summed E-state index contributed by atoms with van der Waals surface area (Å²) in [5.74, 6) is -2.08. The second-order valence-electron chi connectivity index (χ2n) is 6.21. The number of aliphatic imine (C=N–C) groups is 1. The highest BCUT2D eigenvalue weighted by Crippen LogP contribution is 2.29. The molecule has 0 bridgehead atoms. The Morgan fingerprint density at radius 3 is 2.45 bits per heavy atom. The third-order valence-electron chi connectivity index (χ3n) is 4.24. The maximum absolute atomic E-state index is 13.1. The van der Waals surface area contributed by atoms with Gasteiger partial charge in [0, 0.05) is 17.0 Å². The largest absolute Gasteiger partial charge is 0.291 e. The van der Waals surface area contributed by atoms with Crippen LogP contribution in [0.25, 0.3) is 6.08 Å². The van der Waals surface area contributed by atoms with Crippen LogP contribution in [0.1, 0.15) is 12.5 Å². The fourth-order valence-corrected chi connectivity index (χ4v) is 3.35. The molecule has 2 amide bonds. The van der Waals surface area contributed by atoms with Gasteiger partial charge in [0.15, 0.2) is 5.78 Å². The molecule has 0 aliphatic carbocycles. The van der Waals surface area contributed by atoms with Crippen molar-refractivity contribution in [2.45, 2.75) is 6.92 Å². The molecule has 0 saturated carbocycles. The molecule has 2 aromatic carbocycles. The third-order valence-corrected chi connectivity index (χ3v) is 4.80. The Morgan fingerprint density at radius 2 is 1.79 bits per heavy atom.